The van der Waals surface area contributed by atoms with Crippen molar-refractivity contribution in [3.8, 4) is 5.88 Å². The van der Waals surface area contributed by atoms with Crippen LogP contribution in [0.1, 0.15) is 31.0 Å². The molecule has 0 spiro atoms. The maximum atomic E-state index is 5.58. The fourth-order valence-electron chi connectivity index (χ4n) is 1.41. The molecule has 1 heterocycles. The third-order valence-corrected chi connectivity index (χ3v) is 2.12. The first-order chi connectivity index (χ1) is 7.26. The van der Waals surface area contributed by atoms with Crippen molar-refractivity contribution >= 4 is 0 Å². The molecular weight excluding hydrogens is 188 g/mol. The van der Waals surface area contributed by atoms with E-state index in [2.05, 4.69) is 23.3 Å². The quantitative estimate of drug-likeness (QED) is 0.728. The van der Waals surface area contributed by atoms with Gasteiger partial charge >= 0.3 is 0 Å². The van der Waals surface area contributed by atoms with Crippen molar-refractivity contribution in [2.24, 2.45) is 0 Å². The summed E-state index contributed by atoms with van der Waals surface area (Å²) in [5.74, 6) is 0.744. The summed E-state index contributed by atoms with van der Waals surface area (Å²) in [7, 11) is 1.94. The van der Waals surface area contributed by atoms with Crippen LogP contribution in [-0.2, 0) is 6.54 Å². The van der Waals surface area contributed by atoms with Crippen LogP contribution in [0, 0.1) is 6.92 Å². The molecule has 1 aromatic heterocycles. The highest BCUT2D eigenvalue weighted by atomic mass is 16.5. The second kappa shape index (κ2) is 6.40. The second-order valence-corrected chi connectivity index (χ2v) is 3.69. The average Bonchev–Trinajstić information content (AvgIpc) is 2.18. The molecule has 1 rings (SSSR count). The molecule has 84 valence electrons. The lowest BCUT2D eigenvalue weighted by Crippen LogP contribution is -2.07. The predicted molar refractivity (Wildman–Crippen MR) is 62.1 cm³/mol. The van der Waals surface area contributed by atoms with E-state index in [4.69, 9.17) is 4.74 Å². The van der Waals surface area contributed by atoms with Crippen LogP contribution in [0.4, 0.5) is 0 Å². The first-order valence-corrected chi connectivity index (χ1v) is 5.51. The van der Waals surface area contributed by atoms with E-state index in [9.17, 15) is 0 Å². The topological polar surface area (TPSA) is 34.1 Å². The van der Waals surface area contributed by atoms with Gasteiger partial charge in [-0.15, -0.1) is 0 Å². The van der Waals surface area contributed by atoms with Crippen LogP contribution >= 0.6 is 0 Å². The number of aryl methyl sites for hydroxylation is 1. The summed E-state index contributed by atoms with van der Waals surface area (Å²) in [5, 5.41) is 3.12. The molecule has 0 fully saturated rings. The van der Waals surface area contributed by atoms with Gasteiger partial charge in [0.15, 0.2) is 0 Å². The normalized spacial score (nSPS) is 10.3. The van der Waals surface area contributed by atoms with E-state index >= 15 is 0 Å². The number of aromatic nitrogens is 1. The number of hydrogen-bond acceptors (Lipinski definition) is 3. The lowest BCUT2D eigenvalue weighted by atomic mass is 10.2. The summed E-state index contributed by atoms with van der Waals surface area (Å²) < 4.78 is 5.58. The standard InChI is InChI=1S/C12H20N2O/c1-4-5-6-15-12-8-11(9-13-3)7-10(2)14-12/h7-8,13H,4-6,9H2,1-3H3. The SMILES string of the molecule is CCCCOc1cc(CNC)cc(C)n1. The molecular formula is C12H20N2O. The monoisotopic (exact) mass is 208 g/mol. The lowest BCUT2D eigenvalue weighted by Gasteiger charge is -2.07. The van der Waals surface area contributed by atoms with E-state index in [0.29, 0.717) is 0 Å². The zero-order valence-electron chi connectivity index (χ0n) is 9.84. The number of ether oxygens (including phenoxy) is 1. The Bertz CT molecular complexity index is 300. The van der Waals surface area contributed by atoms with Crippen LogP contribution in [-0.4, -0.2) is 18.6 Å². The molecule has 0 amide bonds. The van der Waals surface area contributed by atoms with Crippen LogP contribution in [0.25, 0.3) is 0 Å². The van der Waals surface area contributed by atoms with E-state index in [1.54, 1.807) is 0 Å². The Morgan fingerprint density at radius 1 is 1.40 bits per heavy atom. The Morgan fingerprint density at radius 2 is 2.20 bits per heavy atom. The number of pyridine rings is 1. The zero-order chi connectivity index (χ0) is 11.1. The minimum atomic E-state index is 0.744. The average molecular weight is 208 g/mol. The predicted octanol–water partition coefficient (Wildman–Crippen LogP) is 2.29. The van der Waals surface area contributed by atoms with Gasteiger partial charge in [-0.2, -0.15) is 0 Å². The summed E-state index contributed by atoms with van der Waals surface area (Å²) in [5.41, 5.74) is 2.23. The van der Waals surface area contributed by atoms with Gasteiger partial charge in [0, 0.05) is 18.3 Å². The number of nitrogens with one attached hydrogen (secondary N) is 1. The molecule has 0 saturated heterocycles. The van der Waals surface area contributed by atoms with Gasteiger partial charge in [0.2, 0.25) is 5.88 Å². The smallest absolute Gasteiger partial charge is 0.213 e. The largest absolute Gasteiger partial charge is 0.478 e. The summed E-state index contributed by atoms with van der Waals surface area (Å²) >= 11 is 0. The molecule has 3 heteroatoms. The molecule has 0 saturated carbocycles. The van der Waals surface area contributed by atoms with Gasteiger partial charge in [-0.3, -0.25) is 0 Å². The molecule has 0 aliphatic rings. The Hall–Kier alpha value is -1.09. The van der Waals surface area contributed by atoms with Gasteiger partial charge in [-0.1, -0.05) is 13.3 Å². The van der Waals surface area contributed by atoms with Gasteiger partial charge in [0.1, 0.15) is 0 Å². The van der Waals surface area contributed by atoms with Gasteiger partial charge in [-0.25, -0.2) is 4.98 Å². The van der Waals surface area contributed by atoms with Gasteiger partial charge < -0.3 is 10.1 Å². The van der Waals surface area contributed by atoms with E-state index in [-0.39, 0.29) is 0 Å². The van der Waals surface area contributed by atoms with Crippen molar-refractivity contribution in [3.05, 3.63) is 23.4 Å². The molecule has 15 heavy (non-hydrogen) atoms. The second-order valence-electron chi connectivity index (χ2n) is 3.69. The van der Waals surface area contributed by atoms with E-state index < -0.39 is 0 Å². The summed E-state index contributed by atoms with van der Waals surface area (Å²) in [6, 6.07) is 4.07. The number of rotatable bonds is 6. The molecule has 0 aliphatic carbocycles. The van der Waals surface area contributed by atoms with Crippen molar-refractivity contribution in [1.82, 2.24) is 10.3 Å². The van der Waals surface area contributed by atoms with E-state index in [1.165, 1.54) is 5.56 Å². The highest BCUT2D eigenvalue weighted by molar-refractivity contribution is 5.24. The Labute approximate surface area is 91.9 Å². The number of unbranched alkanes of at least 4 members (excludes halogenated alkanes) is 1. The Kier molecular flexibility index (Phi) is 5.12. The van der Waals surface area contributed by atoms with Crippen LogP contribution in [0.5, 0.6) is 5.88 Å². The van der Waals surface area contributed by atoms with Crippen LogP contribution in [0.15, 0.2) is 12.1 Å². The van der Waals surface area contributed by atoms with Crippen LogP contribution in [0.3, 0.4) is 0 Å². The minimum absolute atomic E-state index is 0.744. The first-order valence-electron chi connectivity index (χ1n) is 5.51. The Balaban J connectivity index is 2.62. The van der Waals surface area contributed by atoms with Crippen molar-refractivity contribution < 1.29 is 4.74 Å². The summed E-state index contributed by atoms with van der Waals surface area (Å²) in [6.07, 6.45) is 2.23. The van der Waals surface area contributed by atoms with E-state index in [0.717, 1.165) is 37.6 Å². The minimum Gasteiger partial charge on any atom is -0.478 e. The molecule has 0 aliphatic heterocycles. The third-order valence-electron chi connectivity index (χ3n) is 2.12. The van der Waals surface area contributed by atoms with Crippen molar-refractivity contribution in [2.45, 2.75) is 33.2 Å². The fraction of sp³-hybridized carbons (Fsp3) is 0.583. The molecule has 1 N–H and O–H groups in total. The lowest BCUT2D eigenvalue weighted by molar-refractivity contribution is 0.297. The molecule has 3 nitrogen and oxygen atoms in total. The van der Waals surface area contributed by atoms with Crippen molar-refractivity contribution in [2.75, 3.05) is 13.7 Å². The van der Waals surface area contributed by atoms with E-state index in [1.807, 2.05) is 20.0 Å². The number of hydrogen-bond donors (Lipinski definition) is 1. The maximum absolute atomic E-state index is 5.58. The van der Waals surface area contributed by atoms with Gasteiger partial charge in [0.25, 0.3) is 0 Å². The van der Waals surface area contributed by atoms with Gasteiger partial charge in [-0.05, 0) is 32.0 Å². The maximum Gasteiger partial charge on any atom is 0.213 e. The van der Waals surface area contributed by atoms with Gasteiger partial charge in [0.05, 0.1) is 6.61 Å². The number of nitrogens with zero attached hydrogens (tertiary/aromatic N) is 1. The van der Waals surface area contributed by atoms with Crippen LogP contribution in [0.2, 0.25) is 0 Å². The summed E-state index contributed by atoms with van der Waals surface area (Å²) in [4.78, 5) is 4.34. The summed E-state index contributed by atoms with van der Waals surface area (Å²) in [6.45, 7) is 5.75. The molecule has 0 unspecified atom stereocenters. The first kappa shape index (κ1) is 12.0. The molecule has 0 atom stereocenters. The molecule has 0 radical (unpaired) electrons. The highest BCUT2D eigenvalue weighted by Gasteiger charge is 2.00. The molecule has 0 bridgehead atoms. The van der Waals surface area contributed by atoms with Crippen molar-refractivity contribution in [1.29, 1.82) is 0 Å². The Morgan fingerprint density at radius 3 is 2.87 bits per heavy atom. The molecule has 1 aromatic rings. The van der Waals surface area contributed by atoms with Crippen molar-refractivity contribution in [3.63, 3.8) is 0 Å². The zero-order valence-corrected chi connectivity index (χ0v) is 9.84. The van der Waals surface area contributed by atoms with Crippen LogP contribution < -0.4 is 10.1 Å². The third kappa shape index (κ3) is 4.30. The highest BCUT2D eigenvalue weighted by Crippen LogP contribution is 2.12. The fourth-order valence-corrected chi connectivity index (χ4v) is 1.41. The molecule has 0 aromatic carbocycles.